The molecule has 17 heavy (non-hydrogen) atoms. The van der Waals surface area contributed by atoms with Crippen molar-refractivity contribution in [3.8, 4) is 0 Å². The van der Waals surface area contributed by atoms with Crippen LogP contribution in [0.3, 0.4) is 0 Å². The number of nitrogens with two attached hydrogens (primary N) is 1. The van der Waals surface area contributed by atoms with E-state index in [1.807, 2.05) is 0 Å². The van der Waals surface area contributed by atoms with Gasteiger partial charge in [-0.2, -0.15) is 0 Å². The summed E-state index contributed by atoms with van der Waals surface area (Å²) in [6, 6.07) is -1.33. The van der Waals surface area contributed by atoms with Gasteiger partial charge in [0.2, 0.25) is 0 Å². The van der Waals surface area contributed by atoms with Crippen LogP contribution in [-0.4, -0.2) is 46.2 Å². The Hall–Kier alpha value is -1.16. The Morgan fingerprint density at radius 2 is 1.88 bits per heavy atom. The number of hydrogen-bond acceptors (Lipinski definition) is 6. The second kappa shape index (κ2) is 8.01. The first kappa shape index (κ1) is 15.8. The Balaban J connectivity index is 3.90. The van der Waals surface area contributed by atoms with Crippen molar-refractivity contribution in [2.24, 2.45) is 5.73 Å². The number of aliphatic carboxylic acids is 1. The van der Waals surface area contributed by atoms with E-state index in [0.29, 0.717) is 0 Å². The summed E-state index contributed by atoms with van der Waals surface area (Å²) >= 11 is 1.58. The second-order valence-corrected chi connectivity index (χ2v) is 4.15. The third-order valence-electron chi connectivity index (χ3n) is 1.56. The monoisotopic (exact) mass is 357 g/mol. The molecule has 2 atom stereocenters. The standard InChI is InChI=1S/C9H12INO6/c1-2-5(12)16-3-4-17-9(15)6(10)7(11)8(13)14/h2,6-7H,1,3-4,11H2,(H,13,14). The maximum Gasteiger partial charge on any atom is 0.330 e. The predicted octanol–water partition coefficient (Wildman–Crippen LogP) is -0.526. The number of rotatable bonds is 7. The first-order valence-electron chi connectivity index (χ1n) is 4.48. The zero-order valence-corrected chi connectivity index (χ0v) is 11.0. The highest BCUT2D eigenvalue weighted by Gasteiger charge is 2.29. The van der Waals surface area contributed by atoms with E-state index in [4.69, 9.17) is 10.8 Å². The van der Waals surface area contributed by atoms with Gasteiger partial charge in [0.1, 0.15) is 23.2 Å². The van der Waals surface area contributed by atoms with Crippen LogP contribution in [0.5, 0.6) is 0 Å². The Labute approximate surface area is 111 Å². The normalized spacial score (nSPS) is 13.3. The van der Waals surface area contributed by atoms with Gasteiger partial charge in [-0.05, 0) is 0 Å². The van der Waals surface area contributed by atoms with Crippen molar-refractivity contribution in [3.05, 3.63) is 12.7 Å². The highest BCUT2D eigenvalue weighted by Crippen LogP contribution is 2.07. The van der Waals surface area contributed by atoms with Gasteiger partial charge in [-0.15, -0.1) is 0 Å². The van der Waals surface area contributed by atoms with Crippen LogP contribution in [0.25, 0.3) is 0 Å². The molecule has 0 aromatic heterocycles. The molecule has 0 amide bonds. The van der Waals surface area contributed by atoms with Gasteiger partial charge in [-0.1, -0.05) is 29.2 Å². The van der Waals surface area contributed by atoms with E-state index >= 15 is 0 Å². The molecule has 96 valence electrons. The molecule has 2 unspecified atom stereocenters. The van der Waals surface area contributed by atoms with Gasteiger partial charge < -0.3 is 20.3 Å². The molecule has 7 nitrogen and oxygen atoms in total. The van der Waals surface area contributed by atoms with Gasteiger partial charge in [0.15, 0.2) is 0 Å². The van der Waals surface area contributed by atoms with E-state index in [9.17, 15) is 14.4 Å². The van der Waals surface area contributed by atoms with Crippen LogP contribution < -0.4 is 5.73 Å². The summed E-state index contributed by atoms with van der Waals surface area (Å²) in [5, 5.41) is 8.56. The molecule has 8 heteroatoms. The number of alkyl halides is 1. The van der Waals surface area contributed by atoms with Crippen LogP contribution in [0.2, 0.25) is 0 Å². The Kier molecular flexibility index (Phi) is 7.46. The number of carboxylic acid groups (broad SMARTS) is 1. The summed E-state index contributed by atoms with van der Waals surface area (Å²) in [5.41, 5.74) is 5.23. The van der Waals surface area contributed by atoms with Gasteiger partial charge in [0.25, 0.3) is 0 Å². The molecular formula is C9H12INO6. The summed E-state index contributed by atoms with van der Waals surface area (Å²) in [5.74, 6) is -2.69. The lowest BCUT2D eigenvalue weighted by atomic mass is 10.2. The maximum absolute atomic E-state index is 11.3. The highest BCUT2D eigenvalue weighted by atomic mass is 127. The van der Waals surface area contributed by atoms with Gasteiger partial charge in [0, 0.05) is 6.08 Å². The fourth-order valence-electron chi connectivity index (χ4n) is 0.695. The minimum atomic E-state index is -1.33. The Bertz CT molecular complexity index is 319. The molecule has 0 heterocycles. The van der Waals surface area contributed by atoms with Crippen LogP contribution >= 0.6 is 22.6 Å². The van der Waals surface area contributed by atoms with Crippen LogP contribution in [0, 0.1) is 0 Å². The van der Waals surface area contributed by atoms with Crippen LogP contribution in [0.1, 0.15) is 0 Å². The van der Waals surface area contributed by atoms with Crippen molar-refractivity contribution in [3.63, 3.8) is 0 Å². The molecule has 0 bridgehead atoms. The molecule has 3 N–H and O–H groups in total. The molecule has 0 aromatic rings. The number of ether oxygens (including phenoxy) is 2. The summed E-state index contributed by atoms with van der Waals surface area (Å²) < 4.78 is 8.21. The summed E-state index contributed by atoms with van der Waals surface area (Å²) in [7, 11) is 0. The minimum absolute atomic E-state index is 0.123. The smallest absolute Gasteiger partial charge is 0.330 e. The zero-order chi connectivity index (χ0) is 13.4. The lowest BCUT2D eigenvalue weighted by molar-refractivity contribution is -0.151. The average molecular weight is 357 g/mol. The molecule has 0 rings (SSSR count). The maximum atomic E-state index is 11.3. The number of carbonyl (C=O) groups excluding carboxylic acids is 2. The Morgan fingerprint density at radius 3 is 2.35 bits per heavy atom. The van der Waals surface area contributed by atoms with Gasteiger partial charge in [0.05, 0.1) is 0 Å². The van der Waals surface area contributed by atoms with Crippen molar-refractivity contribution in [1.29, 1.82) is 0 Å². The molecule has 0 aliphatic carbocycles. The van der Waals surface area contributed by atoms with Crippen molar-refractivity contribution in [2.45, 2.75) is 9.97 Å². The minimum Gasteiger partial charge on any atom is -0.480 e. The van der Waals surface area contributed by atoms with Crippen molar-refractivity contribution >= 4 is 40.5 Å². The van der Waals surface area contributed by atoms with Gasteiger partial charge in [-0.25, -0.2) is 4.79 Å². The number of esters is 2. The quantitative estimate of drug-likeness (QED) is 0.207. The Morgan fingerprint density at radius 1 is 1.35 bits per heavy atom. The molecule has 0 aromatic carbocycles. The van der Waals surface area contributed by atoms with E-state index < -0.39 is 27.9 Å². The number of carboxylic acids is 1. The number of halogens is 1. The highest BCUT2D eigenvalue weighted by molar-refractivity contribution is 14.1. The second-order valence-electron chi connectivity index (χ2n) is 2.80. The fraction of sp³-hybridized carbons (Fsp3) is 0.444. The lowest BCUT2D eigenvalue weighted by Gasteiger charge is -2.13. The molecule has 0 radical (unpaired) electrons. The van der Waals surface area contributed by atoms with Crippen molar-refractivity contribution in [1.82, 2.24) is 0 Å². The third-order valence-corrected chi connectivity index (χ3v) is 2.85. The number of carbonyl (C=O) groups is 3. The van der Waals surface area contributed by atoms with Gasteiger partial charge in [-0.3, -0.25) is 9.59 Å². The van der Waals surface area contributed by atoms with E-state index in [0.717, 1.165) is 6.08 Å². The SMILES string of the molecule is C=CC(=O)OCCOC(=O)C(I)C(N)C(=O)O. The first-order valence-corrected chi connectivity index (χ1v) is 5.73. The molecule has 0 aliphatic rings. The molecule has 0 saturated heterocycles. The molecule has 0 fully saturated rings. The van der Waals surface area contributed by atoms with Crippen LogP contribution in [0.15, 0.2) is 12.7 Å². The average Bonchev–Trinajstić information content (AvgIpc) is 2.31. The first-order chi connectivity index (χ1) is 7.90. The molecule has 0 aliphatic heterocycles. The molecule has 0 spiro atoms. The summed E-state index contributed by atoms with van der Waals surface area (Å²) in [4.78, 5) is 32.4. The van der Waals surface area contributed by atoms with Crippen molar-refractivity contribution in [2.75, 3.05) is 13.2 Å². The molecular weight excluding hydrogens is 345 g/mol. The summed E-state index contributed by atoms with van der Waals surface area (Å²) in [6.07, 6.45) is 0.975. The fourth-order valence-corrected chi connectivity index (χ4v) is 1.18. The van der Waals surface area contributed by atoms with Crippen molar-refractivity contribution < 1.29 is 29.0 Å². The van der Waals surface area contributed by atoms with E-state index in [1.54, 1.807) is 22.6 Å². The van der Waals surface area contributed by atoms with E-state index in [2.05, 4.69) is 16.1 Å². The lowest BCUT2D eigenvalue weighted by Crippen LogP contribution is -2.43. The largest absolute Gasteiger partial charge is 0.480 e. The van der Waals surface area contributed by atoms with E-state index in [-0.39, 0.29) is 13.2 Å². The van der Waals surface area contributed by atoms with E-state index in [1.165, 1.54) is 0 Å². The van der Waals surface area contributed by atoms with Crippen LogP contribution in [0.4, 0.5) is 0 Å². The zero-order valence-electron chi connectivity index (χ0n) is 8.80. The topological polar surface area (TPSA) is 116 Å². The third kappa shape index (κ3) is 6.22. The summed E-state index contributed by atoms with van der Waals surface area (Å²) in [6.45, 7) is 2.89. The van der Waals surface area contributed by atoms with Gasteiger partial charge >= 0.3 is 17.9 Å². The predicted molar refractivity (Wildman–Crippen MR) is 65.5 cm³/mol. The molecule has 0 saturated carbocycles. The van der Waals surface area contributed by atoms with Crippen LogP contribution in [-0.2, 0) is 23.9 Å². The number of hydrogen-bond donors (Lipinski definition) is 2.